The zero-order valence-corrected chi connectivity index (χ0v) is 14.7. The number of nitro groups is 1. The van der Waals surface area contributed by atoms with Gasteiger partial charge in [-0.1, -0.05) is 43.7 Å². The lowest BCUT2D eigenvalue weighted by atomic mass is 9.99. The summed E-state index contributed by atoms with van der Waals surface area (Å²) in [6, 6.07) is 13.5. The Morgan fingerprint density at radius 2 is 1.96 bits per heavy atom. The minimum absolute atomic E-state index is 0.0697. The SMILES string of the molecule is CCCc1ccc(C(=O)/C(C#N)=C/c2ccc(NC)c([N+](=O)[O-])c2)cc1. The number of anilines is 1. The van der Waals surface area contributed by atoms with Crippen LogP contribution in [-0.4, -0.2) is 17.8 Å². The number of allylic oxidation sites excluding steroid dienone is 1. The van der Waals surface area contributed by atoms with Crippen molar-refractivity contribution < 1.29 is 9.72 Å². The molecule has 0 bridgehead atoms. The highest BCUT2D eigenvalue weighted by Crippen LogP contribution is 2.26. The number of carbonyl (C=O) groups is 1. The molecular formula is C20H19N3O3. The van der Waals surface area contributed by atoms with Crippen molar-refractivity contribution in [1.29, 1.82) is 5.26 Å². The zero-order chi connectivity index (χ0) is 19.1. The Labute approximate surface area is 151 Å². The molecule has 0 atom stereocenters. The van der Waals surface area contributed by atoms with Crippen LogP contribution in [0.5, 0.6) is 0 Å². The molecule has 0 heterocycles. The fraction of sp³-hybridized carbons (Fsp3) is 0.200. The lowest BCUT2D eigenvalue weighted by molar-refractivity contribution is -0.383. The number of hydrogen-bond donors (Lipinski definition) is 1. The van der Waals surface area contributed by atoms with Gasteiger partial charge in [0.2, 0.25) is 5.78 Å². The summed E-state index contributed by atoms with van der Waals surface area (Å²) in [5, 5.41) is 23.2. The van der Waals surface area contributed by atoms with Crippen LogP contribution < -0.4 is 5.32 Å². The molecular weight excluding hydrogens is 330 g/mol. The highest BCUT2D eigenvalue weighted by molar-refractivity contribution is 6.14. The van der Waals surface area contributed by atoms with Gasteiger partial charge >= 0.3 is 0 Å². The second kappa shape index (κ2) is 8.58. The molecule has 0 aliphatic rings. The first kappa shape index (κ1) is 18.9. The summed E-state index contributed by atoms with van der Waals surface area (Å²) < 4.78 is 0. The van der Waals surface area contributed by atoms with Gasteiger partial charge in [-0.3, -0.25) is 14.9 Å². The van der Waals surface area contributed by atoms with E-state index in [1.807, 2.05) is 18.2 Å². The molecule has 2 aromatic carbocycles. The van der Waals surface area contributed by atoms with Crippen LogP contribution in [0.2, 0.25) is 0 Å². The highest BCUT2D eigenvalue weighted by Gasteiger charge is 2.15. The van der Waals surface area contributed by atoms with Gasteiger partial charge in [0.05, 0.1) is 4.92 Å². The van der Waals surface area contributed by atoms with Crippen LogP contribution >= 0.6 is 0 Å². The molecule has 0 saturated heterocycles. The number of aryl methyl sites for hydroxylation is 1. The predicted molar refractivity (Wildman–Crippen MR) is 101 cm³/mol. The van der Waals surface area contributed by atoms with Crippen molar-refractivity contribution >= 4 is 23.2 Å². The molecule has 0 aromatic heterocycles. The van der Waals surface area contributed by atoms with Gasteiger partial charge in [-0.25, -0.2) is 0 Å². The van der Waals surface area contributed by atoms with E-state index in [2.05, 4.69) is 12.2 Å². The molecule has 1 N–H and O–H groups in total. The average Bonchev–Trinajstić information content (AvgIpc) is 2.66. The highest BCUT2D eigenvalue weighted by atomic mass is 16.6. The van der Waals surface area contributed by atoms with E-state index in [1.165, 1.54) is 12.1 Å². The largest absolute Gasteiger partial charge is 0.383 e. The number of rotatable bonds is 7. The summed E-state index contributed by atoms with van der Waals surface area (Å²) in [6.07, 6.45) is 3.31. The van der Waals surface area contributed by atoms with Crippen LogP contribution in [-0.2, 0) is 6.42 Å². The number of nitro benzene ring substituents is 1. The number of nitrogens with zero attached hydrogens (tertiary/aromatic N) is 2. The van der Waals surface area contributed by atoms with E-state index in [1.54, 1.807) is 31.3 Å². The van der Waals surface area contributed by atoms with Crippen LogP contribution in [0.15, 0.2) is 48.0 Å². The smallest absolute Gasteiger partial charge is 0.292 e. The van der Waals surface area contributed by atoms with E-state index >= 15 is 0 Å². The van der Waals surface area contributed by atoms with Crippen molar-refractivity contribution in [2.45, 2.75) is 19.8 Å². The number of nitriles is 1. The molecule has 0 radical (unpaired) electrons. The third-order valence-electron chi connectivity index (χ3n) is 3.92. The van der Waals surface area contributed by atoms with Crippen LogP contribution in [0, 0.1) is 21.4 Å². The summed E-state index contributed by atoms with van der Waals surface area (Å²) in [5.74, 6) is -0.407. The third-order valence-corrected chi connectivity index (χ3v) is 3.92. The first-order chi connectivity index (χ1) is 12.5. The molecule has 26 heavy (non-hydrogen) atoms. The molecule has 6 heteroatoms. The molecule has 6 nitrogen and oxygen atoms in total. The Morgan fingerprint density at radius 3 is 2.50 bits per heavy atom. The van der Waals surface area contributed by atoms with Gasteiger partial charge in [0.15, 0.2) is 0 Å². The maximum absolute atomic E-state index is 12.6. The van der Waals surface area contributed by atoms with E-state index in [0.29, 0.717) is 16.8 Å². The van der Waals surface area contributed by atoms with E-state index < -0.39 is 10.7 Å². The Morgan fingerprint density at radius 1 is 1.27 bits per heavy atom. The summed E-state index contributed by atoms with van der Waals surface area (Å²) >= 11 is 0. The van der Waals surface area contributed by atoms with Crippen LogP contribution in [0.4, 0.5) is 11.4 Å². The van der Waals surface area contributed by atoms with Gasteiger partial charge in [0.25, 0.3) is 5.69 Å². The molecule has 0 unspecified atom stereocenters. The predicted octanol–water partition coefficient (Wildman–Crippen LogP) is 4.38. The molecule has 132 valence electrons. The number of nitrogens with one attached hydrogen (secondary N) is 1. The molecule has 0 fully saturated rings. The molecule has 0 saturated carbocycles. The summed E-state index contributed by atoms with van der Waals surface area (Å²) in [6.45, 7) is 2.08. The van der Waals surface area contributed by atoms with Gasteiger partial charge in [-0.15, -0.1) is 0 Å². The van der Waals surface area contributed by atoms with E-state index in [-0.39, 0.29) is 11.3 Å². The van der Waals surface area contributed by atoms with Crippen molar-refractivity contribution in [3.63, 3.8) is 0 Å². The second-order valence-corrected chi connectivity index (χ2v) is 5.73. The molecule has 2 rings (SSSR count). The van der Waals surface area contributed by atoms with E-state index in [9.17, 15) is 20.2 Å². The van der Waals surface area contributed by atoms with Crippen LogP contribution in [0.25, 0.3) is 6.08 Å². The minimum atomic E-state index is -0.510. The Bertz CT molecular complexity index is 894. The van der Waals surface area contributed by atoms with Crippen molar-refractivity contribution in [2.75, 3.05) is 12.4 Å². The van der Waals surface area contributed by atoms with Gasteiger partial charge in [-0.2, -0.15) is 5.26 Å². The maximum Gasteiger partial charge on any atom is 0.292 e. The maximum atomic E-state index is 12.6. The number of hydrogen-bond acceptors (Lipinski definition) is 5. The number of carbonyl (C=O) groups excluding carboxylic acids is 1. The van der Waals surface area contributed by atoms with Crippen LogP contribution in [0.1, 0.15) is 34.8 Å². The first-order valence-electron chi connectivity index (χ1n) is 8.21. The summed E-state index contributed by atoms with van der Waals surface area (Å²) in [7, 11) is 1.59. The Balaban J connectivity index is 2.35. The minimum Gasteiger partial charge on any atom is -0.383 e. The zero-order valence-electron chi connectivity index (χ0n) is 14.7. The standard InChI is InChI=1S/C20H19N3O3/c1-3-4-14-5-8-16(9-6-14)20(24)17(13-21)11-15-7-10-18(22-2)19(12-15)23(25)26/h5-12,22H,3-4H2,1-2H3/b17-11+. The fourth-order valence-corrected chi connectivity index (χ4v) is 2.58. The summed E-state index contributed by atoms with van der Waals surface area (Å²) in [5.41, 5.74) is 2.14. The van der Waals surface area contributed by atoms with Crippen molar-refractivity contribution in [1.82, 2.24) is 0 Å². The van der Waals surface area contributed by atoms with Crippen molar-refractivity contribution in [3.8, 4) is 6.07 Å². The van der Waals surface area contributed by atoms with Gasteiger partial charge in [-0.05, 0) is 29.7 Å². The summed E-state index contributed by atoms with van der Waals surface area (Å²) in [4.78, 5) is 23.2. The number of benzene rings is 2. The van der Waals surface area contributed by atoms with Crippen molar-refractivity contribution in [2.24, 2.45) is 0 Å². The monoisotopic (exact) mass is 349 g/mol. The fourth-order valence-electron chi connectivity index (χ4n) is 2.58. The van der Waals surface area contributed by atoms with Gasteiger partial charge in [0.1, 0.15) is 17.3 Å². The van der Waals surface area contributed by atoms with Crippen LogP contribution in [0.3, 0.4) is 0 Å². The lowest BCUT2D eigenvalue weighted by Crippen LogP contribution is -2.02. The van der Waals surface area contributed by atoms with Gasteiger partial charge in [0, 0.05) is 18.7 Å². The quantitative estimate of drug-likeness (QED) is 0.263. The van der Waals surface area contributed by atoms with Gasteiger partial charge < -0.3 is 5.32 Å². The molecule has 0 aliphatic heterocycles. The second-order valence-electron chi connectivity index (χ2n) is 5.73. The molecule has 2 aromatic rings. The average molecular weight is 349 g/mol. The normalized spacial score (nSPS) is 10.9. The topological polar surface area (TPSA) is 96.0 Å². The van der Waals surface area contributed by atoms with E-state index in [4.69, 9.17) is 0 Å². The Hall–Kier alpha value is -3.46. The molecule has 0 spiro atoms. The molecule has 0 aliphatic carbocycles. The Kier molecular flexibility index (Phi) is 6.23. The third kappa shape index (κ3) is 4.33. The first-order valence-corrected chi connectivity index (χ1v) is 8.21. The number of Topliss-reactive ketones (excluding diaryl/α,β-unsaturated/α-hetero) is 1. The molecule has 0 amide bonds. The lowest BCUT2D eigenvalue weighted by Gasteiger charge is -2.04. The van der Waals surface area contributed by atoms with Crippen molar-refractivity contribution in [3.05, 3.63) is 74.8 Å². The van der Waals surface area contributed by atoms with E-state index in [0.717, 1.165) is 18.4 Å². The number of ketones is 1.